The van der Waals surface area contributed by atoms with E-state index in [2.05, 4.69) is 5.32 Å². The monoisotopic (exact) mass is 185 g/mol. The standard InChI is InChI=1S/C10H19NO2/c1-6-8(12)10(4,7(2)3)9(13)11-5/h7H,6H2,1-5H3,(H,11,13). The SMILES string of the molecule is CCC(=O)C(C)(C(=O)NC)C(C)C. The van der Waals surface area contributed by atoms with Gasteiger partial charge in [0.05, 0.1) is 0 Å². The molecule has 13 heavy (non-hydrogen) atoms. The molecular formula is C10H19NO2. The Morgan fingerprint density at radius 1 is 1.38 bits per heavy atom. The van der Waals surface area contributed by atoms with Gasteiger partial charge in [-0.15, -0.1) is 0 Å². The number of hydrogen-bond acceptors (Lipinski definition) is 2. The van der Waals surface area contributed by atoms with Crippen molar-refractivity contribution in [3.63, 3.8) is 0 Å². The van der Waals surface area contributed by atoms with Crippen molar-refractivity contribution in [1.82, 2.24) is 5.32 Å². The molecule has 1 N–H and O–H groups in total. The van der Waals surface area contributed by atoms with Crippen LogP contribution in [0.5, 0.6) is 0 Å². The Morgan fingerprint density at radius 2 is 1.85 bits per heavy atom. The van der Waals surface area contributed by atoms with Crippen LogP contribution in [0, 0.1) is 11.3 Å². The molecule has 3 heteroatoms. The summed E-state index contributed by atoms with van der Waals surface area (Å²) in [4.78, 5) is 23.2. The lowest BCUT2D eigenvalue weighted by Crippen LogP contribution is -2.46. The number of Topliss-reactive ketones (excluding diaryl/α,β-unsaturated/α-hetero) is 1. The van der Waals surface area contributed by atoms with Crippen molar-refractivity contribution in [2.24, 2.45) is 11.3 Å². The summed E-state index contributed by atoms with van der Waals surface area (Å²) in [7, 11) is 1.56. The van der Waals surface area contributed by atoms with Crippen molar-refractivity contribution in [3.05, 3.63) is 0 Å². The predicted molar refractivity (Wildman–Crippen MR) is 52.3 cm³/mol. The number of nitrogens with one attached hydrogen (secondary N) is 1. The molecule has 0 saturated heterocycles. The molecule has 0 rings (SSSR count). The normalized spacial score (nSPS) is 15.2. The van der Waals surface area contributed by atoms with E-state index in [1.54, 1.807) is 20.9 Å². The molecule has 1 unspecified atom stereocenters. The fourth-order valence-electron chi connectivity index (χ4n) is 1.34. The zero-order chi connectivity index (χ0) is 10.6. The van der Waals surface area contributed by atoms with E-state index in [1.165, 1.54) is 0 Å². The average Bonchev–Trinajstić information content (AvgIpc) is 2.13. The van der Waals surface area contributed by atoms with Gasteiger partial charge < -0.3 is 5.32 Å². The van der Waals surface area contributed by atoms with Gasteiger partial charge in [0.15, 0.2) is 0 Å². The summed E-state index contributed by atoms with van der Waals surface area (Å²) >= 11 is 0. The van der Waals surface area contributed by atoms with Gasteiger partial charge in [0.2, 0.25) is 5.91 Å². The topological polar surface area (TPSA) is 46.2 Å². The number of ketones is 1. The van der Waals surface area contributed by atoms with Gasteiger partial charge in [0, 0.05) is 13.5 Å². The Hall–Kier alpha value is -0.860. The van der Waals surface area contributed by atoms with Crippen LogP contribution in [-0.2, 0) is 9.59 Å². The van der Waals surface area contributed by atoms with Crippen molar-refractivity contribution in [1.29, 1.82) is 0 Å². The molecule has 0 aliphatic rings. The lowest BCUT2D eigenvalue weighted by molar-refractivity contribution is -0.143. The summed E-state index contributed by atoms with van der Waals surface area (Å²) in [5.74, 6) is -0.156. The molecule has 0 saturated carbocycles. The number of carbonyl (C=O) groups is 2. The number of rotatable bonds is 4. The molecule has 0 aromatic carbocycles. The second-order valence-electron chi connectivity index (χ2n) is 3.71. The van der Waals surface area contributed by atoms with Crippen LogP contribution in [0.2, 0.25) is 0 Å². The van der Waals surface area contributed by atoms with Crippen LogP contribution in [0.25, 0.3) is 0 Å². The zero-order valence-electron chi connectivity index (χ0n) is 9.10. The zero-order valence-corrected chi connectivity index (χ0v) is 9.10. The first-order valence-corrected chi connectivity index (χ1v) is 4.66. The largest absolute Gasteiger partial charge is 0.358 e. The lowest BCUT2D eigenvalue weighted by Gasteiger charge is -2.29. The van der Waals surface area contributed by atoms with Crippen LogP contribution in [0.4, 0.5) is 0 Å². The third-order valence-electron chi connectivity index (χ3n) is 2.75. The molecule has 0 bridgehead atoms. The minimum atomic E-state index is -0.872. The van der Waals surface area contributed by atoms with Crippen LogP contribution in [0.1, 0.15) is 34.1 Å². The van der Waals surface area contributed by atoms with E-state index in [0.717, 1.165) is 0 Å². The van der Waals surface area contributed by atoms with Gasteiger partial charge in [0.25, 0.3) is 0 Å². The highest BCUT2D eigenvalue weighted by molar-refractivity contribution is 6.05. The maximum atomic E-state index is 11.6. The van der Waals surface area contributed by atoms with E-state index in [1.807, 2.05) is 13.8 Å². The van der Waals surface area contributed by atoms with Crippen LogP contribution in [-0.4, -0.2) is 18.7 Å². The molecule has 0 aromatic heterocycles. The Balaban J connectivity index is 4.94. The summed E-state index contributed by atoms with van der Waals surface area (Å²) in [5, 5.41) is 2.54. The van der Waals surface area contributed by atoms with Gasteiger partial charge in [-0.3, -0.25) is 9.59 Å². The molecular weight excluding hydrogens is 166 g/mol. The highest BCUT2D eigenvalue weighted by Crippen LogP contribution is 2.29. The molecule has 0 aliphatic carbocycles. The smallest absolute Gasteiger partial charge is 0.233 e. The van der Waals surface area contributed by atoms with E-state index in [-0.39, 0.29) is 17.6 Å². The molecule has 0 aromatic rings. The van der Waals surface area contributed by atoms with Gasteiger partial charge in [-0.25, -0.2) is 0 Å². The molecule has 3 nitrogen and oxygen atoms in total. The Morgan fingerprint density at radius 3 is 2.08 bits per heavy atom. The van der Waals surface area contributed by atoms with E-state index in [9.17, 15) is 9.59 Å². The summed E-state index contributed by atoms with van der Waals surface area (Å²) in [6.45, 7) is 7.28. The van der Waals surface area contributed by atoms with Crippen LogP contribution in [0.15, 0.2) is 0 Å². The van der Waals surface area contributed by atoms with Gasteiger partial charge >= 0.3 is 0 Å². The Kier molecular flexibility index (Phi) is 4.11. The number of hydrogen-bond donors (Lipinski definition) is 1. The summed E-state index contributed by atoms with van der Waals surface area (Å²) in [6.07, 6.45) is 0.405. The van der Waals surface area contributed by atoms with Crippen molar-refractivity contribution >= 4 is 11.7 Å². The summed E-state index contributed by atoms with van der Waals surface area (Å²) in [5.41, 5.74) is -0.872. The highest BCUT2D eigenvalue weighted by Gasteiger charge is 2.41. The maximum absolute atomic E-state index is 11.6. The van der Waals surface area contributed by atoms with Crippen molar-refractivity contribution < 1.29 is 9.59 Å². The number of carbonyl (C=O) groups excluding carboxylic acids is 2. The third-order valence-corrected chi connectivity index (χ3v) is 2.75. The van der Waals surface area contributed by atoms with Gasteiger partial charge in [-0.2, -0.15) is 0 Å². The molecule has 0 radical (unpaired) electrons. The summed E-state index contributed by atoms with van der Waals surface area (Å²) < 4.78 is 0. The van der Waals surface area contributed by atoms with Gasteiger partial charge in [-0.05, 0) is 12.8 Å². The van der Waals surface area contributed by atoms with Gasteiger partial charge in [0.1, 0.15) is 11.2 Å². The molecule has 76 valence electrons. The molecule has 0 fully saturated rings. The van der Waals surface area contributed by atoms with Crippen LogP contribution < -0.4 is 5.32 Å². The van der Waals surface area contributed by atoms with Gasteiger partial charge in [-0.1, -0.05) is 20.8 Å². The Bertz CT molecular complexity index is 193. The molecule has 1 atom stereocenters. The predicted octanol–water partition coefficient (Wildman–Crippen LogP) is 1.37. The Labute approximate surface area is 79.9 Å². The molecule has 1 amide bonds. The van der Waals surface area contributed by atoms with Crippen molar-refractivity contribution in [2.45, 2.75) is 34.1 Å². The molecule has 0 aliphatic heterocycles. The highest BCUT2D eigenvalue weighted by atomic mass is 16.2. The maximum Gasteiger partial charge on any atom is 0.233 e. The minimum Gasteiger partial charge on any atom is -0.358 e. The minimum absolute atomic E-state index is 0.00171. The second kappa shape index (κ2) is 4.40. The quantitative estimate of drug-likeness (QED) is 0.672. The summed E-state index contributed by atoms with van der Waals surface area (Å²) in [6, 6.07) is 0. The number of amides is 1. The molecule has 0 spiro atoms. The van der Waals surface area contributed by atoms with Crippen molar-refractivity contribution in [3.8, 4) is 0 Å². The van der Waals surface area contributed by atoms with Crippen molar-refractivity contribution in [2.75, 3.05) is 7.05 Å². The average molecular weight is 185 g/mol. The second-order valence-corrected chi connectivity index (χ2v) is 3.71. The third kappa shape index (κ3) is 2.08. The van der Waals surface area contributed by atoms with E-state index in [0.29, 0.717) is 6.42 Å². The van der Waals surface area contributed by atoms with E-state index in [4.69, 9.17) is 0 Å². The first-order valence-electron chi connectivity index (χ1n) is 4.66. The van der Waals surface area contributed by atoms with Crippen LogP contribution in [0.3, 0.4) is 0 Å². The first kappa shape index (κ1) is 12.1. The van der Waals surface area contributed by atoms with E-state index >= 15 is 0 Å². The fraction of sp³-hybridized carbons (Fsp3) is 0.800. The van der Waals surface area contributed by atoms with Crippen LogP contribution >= 0.6 is 0 Å². The fourth-order valence-corrected chi connectivity index (χ4v) is 1.34. The molecule has 0 heterocycles. The van der Waals surface area contributed by atoms with E-state index < -0.39 is 5.41 Å². The first-order chi connectivity index (χ1) is 5.91. The lowest BCUT2D eigenvalue weighted by atomic mass is 9.74.